The maximum Gasteiger partial charge on any atom is 0.307 e. The molecule has 1 aromatic rings. The molecule has 0 saturated heterocycles. The quantitative estimate of drug-likeness (QED) is 0.505. The molecule has 0 radical (unpaired) electrons. The van der Waals surface area contributed by atoms with Crippen LogP contribution in [0.25, 0.3) is 6.08 Å². The van der Waals surface area contributed by atoms with E-state index in [1.54, 1.807) is 17.9 Å². The summed E-state index contributed by atoms with van der Waals surface area (Å²) in [5.41, 5.74) is 0.889. The van der Waals surface area contributed by atoms with Crippen LogP contribution in [-0.2, 0) is 14.3 Å². The summed E-state index contributed by atoms with van der Waals surface area (Å²) in [6.45, 7) is 10.2. The Hall–Kier alpha value is -2.30. The Balaban J connectivity index is 2.72. The van der Waals surface area contributed by atoms with E-state index in [9.17, 15) is 9.59 Å². The minimum Gasteiger partial charge on any atom is -0.491 e. The molecule has 25 heavy (non-hydrogen) atoms. The first kappa shape index (κ1) is 20.7. The maximum absolute atomic E-state index is 12.4. The van der Waals surface area contributed by atoms with Crippen LogP contribution >= 0.6 is 0 Å². The van der Waals surface area contributed by atoms with Gasteiger partial charge in [-0.25, -0.2) is 0 Å². The number of carbonyl (C=O) groups is 2. The molecule has 0 aliphatic heterocycles. The van der Waals surface area contributed by atoms with E-state index in [0.717, 1.165) is 11.3 Å². The lowest BCUT2D eigenvalue weighted by Gasteiger charge is -2.25. The highest BCUT2D eigenvalue weighted by molar-refractivity contribution is 5.92. The molecule has 0 aliphatic rings. The minimum absolute atomic E-state index is 0.00202. The van der Waals surface area contributed by atoms with Crippen molar-refractivity contribution in [2.24, 2.45) is 0 Å². The van der Waals surface area contributed by atoms with Crippen LogP contribution in [-0.4, -0.2) is 42.1 Å². The van der Waals surface area contributed by atoms with Crippen molar-refractivity contribution in [2.75, 3.05) is 13.2 Å². The number of carbonyl (C=O) groups excluding carboxylic acids is 2. The standard InChI is InChI=1S/C20H29NO4/c1-6-24-20(23)12-13-21(15(2)3)19(22)11-10-17-8-7-9-18(14-17)25-16(4)5/h7-11,14-16H,6,12-13H2,1-5H3/b11-10+. The Bertz CT molecular complexity index is 593. The van der Waals surface area contributed by atoms with E-state index < -0.39 is 0 Å². The highest BCUT2D eigenvalue weighted by Crippen LogP contribution is 2.16. The molecule has 0 heterocycles. The number of ether oxygens (including phenoxy) is 2. The Labute approximate surface area is 150 Å². The predicted octanol–water partition coefficient (Wildman–Crippen LogP) is 3.68. The summed E-state index contributed by atoms with van der Waals surface area (Å²) in [5, 5.41) is 0. The molecule has 0 unspecified atom stereocenters. The highest BCUT2D eigenvalue weighted by atomic mass is 16.5. The third-order valence-corrected chi connectivity index (χ3v) is 3.42. The van der Waals surface area contributed by atoms with Gasteiger partial charge in [0, 0.05) is 18.7 Å². The van der Waals surface area contributed by atoms with Crippen LogP contribution in [0.4, 0.5) is 0 Å². The van der Waals surface area contributed by atoms with E-state index in [1.807, 2.05) is 52.0 Å². The average Bonchev–Trinajstić information content (AvgIpc) is 2.52. The van der Waals surface area contributed by atoms with Crippen molar-refractivity contribution >= 4 is 18.0 Å². The first-order valence-electron chi connectivity index (χ1n) is 8.74. The molecular formula is C20H29NO4. The van der Waals surface area contributed by atoms with Gasteiger partial charge in [0.1, 0.15) is 5.75 Å². The number of hydrogen-bond donors (Lipinski definition) is 0. The van der Waals surface area contributed by atoms with Gasteiger partial charge in [0.15, 0.2) is 0 Å². The summed E-state index contributed by atoms with van der Waals surface area (Å²) in [6, 6.07) is 7.58. The van der Waals surface area contributed by atoms with Gasteiger partial charge in [-0.1, -0.05) is 12.1 Å². The Kier molecular flexibility index (Phi) is 8.75. The second-order valence-corrected chi connectivity index (χ2v) is 6.25. The zero-order valence-corrected chi connectivity index (χ0v) is 15.8. The highest BCUT2D eigenvalue weighted by Gasteiger charge is 2.16. The SMILES string of the molecule is CCOC(=O)CCN(C(=O)/C=C/c1cccc(OC(C)C)c1)C(C)C. The number of hydrogen-bond acceptors (Lipinski definition) is 4. The van der Waals surface area contributed by atoms with E-state index in [2.05, 4.69) is 0 Å². The summed E-state index contributed by atoms with van der Waals surface area (Å²) >= 11 is 0. The van der Waals surface area contributed by atoms with Gasteiger partial charge in [-0.05, 0) is 58.4 Å². The Morgan fingerprint density at radius 1 is 1.20 bits per heavy atom. The maximum atomic E-state index is 12.4. The van der Waals surface area contributed by atoms with Gasteiger partial charge in [-0.3, -0.25) is 9.59 Å². The fourth-order valence-electron chi connectivity index (χ4n) is 2.29. The summed E-state index contributed by atoms with van der Waals surface area (Å²) in [7, 11) is 0. The van der Waals surface area contributed by atoms with Crippen LogP contribution in [0, 0.1) is 0 Å². The lowest BCUT2D eigenvalue weighted by Crippen LogP contribution is -2.37. The normalized spacial score (nSPS) is 11.2. The van der Waals surface area contributed by atoms with Crippen molar-refractivity contribution in [1.82, 2.24) is 4.90 Å². The van der Waals surface area contributed by atoms with Crippen molar-refractivity contribution < 1.29 is 19.1 Å². The van der Waals surface area contributed by atoms with Crippen molar-refractivity contribution in [3.8, 4) is 5.75 Å². The van der Waals surface area contributed by atoms with Crippen LogP contribution in [0.5, 0.6) is 5.75 Å². The van der Waals surface area contributed by atoms with Crippen molar-refractivity contribution in [2.45, 2.75) is 53.2 Å². The van der Waals surface area contributed by atoms with Gasteiger partial charge in [0.05, 0.1) is 19.1 Å². The third-order valence-electron chi connectivity index (χ3n) is 3.42. The second-order valence-electron chi connectivity index (χ2n) is 6.25. The van der Waals surface area contributed by atoms with Gasteiger partial charge in [-0.2, -0.15) is 0 Å². The molecule has 138 valence electrons. The van der Waals surface area contributed by atoms with Crippen molar-refractivity contribution in [3.63, 3.8) is 0 Å². The lowest BCUT2D eigenvalue weighted by molar-refractivity contribution is -0.144. The van der Waals surface area contributed by atoms with E-state index in [4.69, 9.17) is 9.47 Å². The molecule has 5 heteroatoms. The number of nitrogens with zero attached hydrogens (tertiary/aromatic N) is 1. The third kappa shape index (κ3) is 7.88. The molecule has 0 N–H and O–H groups in total. The molecule has 1 aromatic carbocycles. The summed E-state index contributed by atoms with van der Waals surface area (Å²) in [5.74, 6) is 0.352. The summed E-state index contributed by atoms with van der Waals surface area (Å²) in [4.78, 5) is 25.6. The monoisotopic (exact) mass is 347 g/mol. The van der Waals surface area contributed by atoms with Crippen molar-refractivity contribution in [3.05, 3.63) is 35.9 Å². The Morgan fingerprint density at radius 3 is 2.52 bits per heavy atom. The van der Waals surface area contributed by atoms with E-state index >= 15 is 0 Å². The van der Waals surface area contributed by atoms with Gasteiger partial charge in [-0.15, -0.1) is 0 Å². The molecule has 0 spiro atoms. The number of esters is 1. The first-order chi connectivity index (χ1) is 11.8. The smallest absolute Gasteiger partial charge is 0.307 e. The van der Waals surface area contributed by atoms with Gasteiger partial charge in [0.25, 0.3) is 0 Å². The average molecular weight is 347 g/mol. The van der Waals surface area contributed by atoms with Crippen LogP contribution in [0.3, 0.4) is 0 Å². The number of rotatable bonds is 9. The number of amides is 1. The zero-order chi connectivity index (χ0) is 18.8. The molecule has 0 atom stereocenters. The Morgan fingerprint density at radius 2 is 1.92 bits per heavy atom. The predicted molar refractivity (Wildman–Crippen MR) is 99.3 cm³/mol. The topological polar surface area (TPSA) is 55.8 Å². The summed E-state index contributed by atoms with van der Waals surface area (Å²) in [6.07, 6.45) is 3.58. The fraction of sp³-hybridized carbons (Fsp3) is 0.500. The molecule has 0 fully saturated rings. The molecule has 0 bridgehead atoms. The zero-order valence-electron chi connectivity index (χ0n) is 15.8. The van der Waals surface area contributed by atoms with E-state index in [1.165, 1.54) is 6.08 Å². The van der Waals surface area contributed by atoms with Crippen LogP contribution < -0.4 is 4.74 Å². The summed E-state index contributed by atoms with van der Waals surface area (Å²) < 4.78 is 10.6. The van der Waals surface area contributed by atoms with Gasteiger partial charge >= 0.3 is 5.97 Å². The molecule has 0 aliphatic carbocycles. The molecule has 0 aromatic heterocycles. The van der Waals surface area contributed by atoms with Crippen LogP contribution in [0.1, 0.15) is 46.6 Å². The molecule has 0 saturated carbocycles. The fourth-order valence-corrected chi connectivity index (χ4v) is 2.29. The van der Waals surface area contributed by atoms with Gasteiger partial charge < -0.3 is 14.4 Å². The van der Waals surface area contributed by atoms with E-state index in [-0.39, 0.29) is 30.4 Å². The largest absolute Gasteiger partial charge is 0.491 e. The van der Waals surface area contributed by atoms with Gasteiger partial charge in [0.2, 0.25) is 5.91 Å². The lowest BCUT2D eigenvalue weighted by atomic mass is 10.2. The molecule has 1 amide bonds. The van der Waals surface area contributed by atoms with Crippen LogP contribution in [0.15, 0.2) is 30.3 Å². The van der Waals surface area contributed by atoms with E-state index in [0.29, 0.717) is 13.2 Å². The minimum atomic E-state index is -0.288. The van der Waals surface area contributed by atoms with Crippen LogP contribution in [0.2, 0.25) is 0 Å². The second kappa shape index (κ2) is 10.5. The first-order valence-corrected chi connectivity index (χ1v) is 8.74. The molecular weight excluding hydrogens is 318 g/mol. The number of benzene rings is 1. The van der Waals surface area contributed by atoms with Crippen molar-refractivity contribution in [1.29, 1.82) is 0 Å². The molecule has 1 rings (SSSR count). The molecule has 5 nitrogen and oxygen atoms in total.